The van der Waals surface area contributed by atoms with Gasteiger partial charge in [-0.3, -0.25) is 4.79 Å². The van der Waals surface area contributed by atoms with Crippen molar-refractivity contribution in [3.05, 3.63) is 76.4 Å². The van der Waals surface area contributed by atoms with E-state index in [4.69, 9.17) is 11.6 Å². The second-order valence-electron chi connectivity index (χ2n) is 5.65. The van der Waals surface area contributed by atoms with Crippen LogP contribution in [0.1, 0.15) is 39.8 Å². The smallest absolute Gasteiger partial charge is 0.152 e. The average Bonchev–Trinajstić information content (AvgIpc) is 2.83. The molecule has 0 amide bonds. The summed E-state index contributed by atoms with van der Waals surface area (Å²) in [5, 5.41) is 0.530. The SMILES string of the molecule is C/C=C/Cn1c(C)c(C)c(C=O)c1/C(Cl)=C\Cc1ccc(F)cc1. The number of hydrogen-bond donors (Lipinski definition) is 0. The van der Waals surface area contributed by atoms with Gasteiger partial charge in [-0.25, -0.2) is 4.39 Å². The Morgan fingerprint density at radius 1 is 1.25 bits per heavy atom. The number of hydrogen-bond acceptors (Lipinski definition) is 1. The van der Waals surface area contributed by atoms with Crippen LogP contribution in [0.5, 0.6) is 0 Å². The highest BCUT2D eigenvalue weighted by atomic mass is 35.5. The Balaban J connectivity index is 2.41. The predicted molar refractivity (Wildman–Crippen MR) is 98.0 cm³/mol. The highest BCUT2D eigenvalue weighted by Crippen LogP contribution is 2.30. The van der Waals surface area contributed by atoms with Crippen molar-refractivity contribution in [3.8, 4) is 0 Å². The van der Waals surface area contributed by atoms with Gasteiger partial charge in [0.15, 0.2) is 6.29 Å². The van der Waals surface area contributed by atoms with Crippen molar-refractivity contribution in [2.24, 2.45) is 0 Å². The molecule has 0 bridgehead atoms. The first-order valence-corrected chi connectivity index (χ1v) is 8.23. The van der Waals surface area contributed by atoms with E-state index in [2.05, 4.69) is 0 Å². The summed E-state index contributed by atoms with van der Waals surface area (Å²) in [4.78, 5) is 11.5. The molecule has 24 heavy (non-hydrogen) atoms. The lowest BCUT2D eigenvalue weighted by atomic mass is 10.1. The molecule has 0 fully saturated rings. The van der Waals surface area contributed by atoms with Gasteiger partial charge in [0.25, 0.3) is 0 Å². The second-order valence-corrected chi connectivity index (χ2v) is 6.06. The van der Waals surface area contributed by atoms with Gasteiger partial charge in [0.1, 0.15) is 5.82 Å². The first-order chi connectivity index (χ1) is 11.5. The molecule has 4 heteroatoms. The Hall–Kier alpha value is -2.13. The van der Waals surface area contributed by atoms with Crippen molar-refractivity contribution in [2.75, 3.05) is 0 Å². The third kappa shape index (κ3) is 3.85. The first kappa shape index (κ1) is 18.2. The van der Waals surface area contributed by atoms with Crippen molar-refractivity contribution >= 4 is 22.9 Å². The normalized spacial score (nSPS) is 12.1. The standard InChI is InChI=1S/C20H21ClFNO/c1-4-5-12-23-15(3)14(2)18(13-24)20(23)19(21)11-8-16-6-9-17(22)10-7-16/h4-7,9-11,13H,8,12H2,1-3H3/b5-4+,19-11+. The average molecular weight is 346 g/mol. The van der Waals surface area contributed by atoms with E-state index < -0.39 is 0 Å². The molecule has 126 valence electrons. The largest absolute Gasteiger partial charge is 0.339 e. The maximum atomic E-state index is 13.0. The van der Waals surface area contributed by atoms with Gasteiger partial charge in [-0.15, -0.1) is 0 Å². The van der Waals surface area contributed by atoms with Gasteiger partial charge in [0.2, 0.25) is 0 Å². The maximum Gasteiger partial charge on any atom is 0.152 e. The number of benzene rings is 1. The van der Waals surface area contributed by atoms with E-state index in [-0.39, 0.29) is 5.82 Å². The van der Waals surface area contributed by atoms with E-state index in [1.165, 1.54) is 12.1 Å². The van der Waals surface area contributed by atoms with Gasteiger partial charge in [0.05, 0.1) is 10.7 Å². The fourth-order valence-corrected chi connectivity index (χ4v) is 2.93. The van der Waals surface area contributed by atoms with Gasteiger partial charge in [0, 0.05) is 17.8 Å². The van der Waals surface area contributed by atoms with Crippen LogP contribution in [-0.4, -0.2) is 10.9 Å². The summed E-state index contributed by atoms with van der Waals surface area (Å²) in [6.45, 7) is 6.53. The molecule has 0 N–H and O–H groups in total. The van der Waals surface area contributed by atoms with Crippen LogP contribution in [0, 0.1) is 19.7 Å². The van der Waals surface area contributed by atoms with Crippen molar-refractivity contribution in [1.29, 1.82) is 0 Å². The quantitative estimate of drug-likeness (QED) is 0.503. The van der Waals surface area contributed by atoms with E-state index in [1.807, 2.05) is 43.6 Å². The lowest BCUT2D eigenvalue weighted by molar-refractivity contribution is 0.112. The number of halogens is 2. The molecule has 0 aliphatic heterocycles. The van der Waals surface area contributed by atoms with Gasteiger partial charge < -0.3 is 4.57 Å². The van der Waals surface area contributed by atoms with Gasteiger partial charge in [-0.05, 0) is 50.5 Å². The van der Waals surface area contributed by atoms with Crippen molar-refractivity contribution < 1.29 is 9.18 Å². The van der Waals surface area contributed by atoms with Gasteiger partial charge in [-0.1, -0.05) is 42.0 Å². The Morgan fingerprint density at radius 2 is 1.92 bits per heavy atom. The number of carbonyl (C=O) groups excluding carboxylic acids is 1. The van der Waals surface area contributed by atoms with Crippen LogP contribution < -0.4 is 0 Å². The highest BCUT2D eigenvalue weighted by molar-refractivity contribution is 6.49. The van der Waals surface area contributed by atoms with Crippen LogP contribution in [0.3, 0.4) is 0 Å². The van der Waals surface area contributed by atoms with Crippen LogP contribution in [0.25, 0.3) is 5.03 Å². The zero-order valence-corrected chi connectivity index (χ0v) is 14.9. The van der Waals surface area contributed by atoms with Crippen molar-refractivity contribution in [1.82, 2.24) is 4.57 Å². The Bertz CT molecular complexity index is 785. The topological polar surface area (TPSA) is 22.0 Å². The summed E-state index contributed by atoms with van der Waals surface area (Å²) < 4.78 is 15.0. The zero-order valence-electron chi connectivity index (χ0n) is 14.1. The molecule has 0 aliphatic carbocycles. The molecule has 0 saturated heterocycles. The second kappa shape index (κ2) is 8.11. The molecule has 0 saturated carbocycles. The minimum absolute atomic E-state index is 0.261. The van der Waals surface area contributed by atoms with E-state index in [0.717, 1.165) is 28.8 Å². The summed E-state index contributed by atoms with van der Waals surface area (Å²) in [6, 6.07) is 6.31. The van der Waals surface area contributed by atoms with Crippen LogP contribution in [0.2, 0.25) is 0 Å². The monoisotopic (exact) mass is 345 g/mol. The molecular formula is C20H21ClFNO. The van der Waals surface area contributed by atoms with Gasteiger partial charge >= 0.3 is 0 Å². The van der Waals surface area contributed by atoms with Crippen LogP contribution in [0.15, 0.2) is 42.5 Å². The summed E-state index contributed by atoms with van der Waals surface area (Å²) in [6.07, 6.45) is 7.29. The third-order valence-electron chi connectivity index (χ3n) is 4.17. The van der Waals surface area contributed by atoms with E-state index in [0.29, 0.717) is 23.6 Å². The maximum absolute atomic E-state index is 13.0. The van der Waals surface area contributed by atoms with E-state index >= 15 is 0 Å². The molecule has 0 radical (unpaired) electrons. The minimum Gasteiger partial charge on any atom is -0.339 e. The molecule has 0 spiro atoms. The summed E-state index contributed by atoms with van der Waals surface area (Å²) >= 11 is 6.52. The molecule has 1 aromatic heterocycles. The summed E-state index contributed by atoms with van der Waals surface area (Å²) in [5.41, 5.74) is 4.29. The predicted octanol–water partition coefficient (Wildman–Crippen LogP) is 5.46. The molecule has 2 rings (SSSR count). The van der Waals surface area contributed by atoms with Crippen LogP contribution >= 0.6 is 11.6 Å². The van der Waals surface area contributed by atoms with Crippen molar-refractivity contribution in [3.63, 3.8) is 0 Å². The molecule has 0 aliphatic rings. The van der Waals surface area contributed by atoms with E-state index in [9.17, 15) is 9.18 Å². The number of allylic oxidation sites excluding steroid dienone is 3. The van der Waals surface area contributed by atoms with Gasteiger partial charge in [-0.2, -0.15) is 0 Å². The molecule has 1 aromatic carbocycles. The molecule has 2 nitrogen and oxygen atoms in total. The summed E-state index contributed by atoms with van der Waals surface area (Å²) in [7, 11) is 0. The molecule has 2 aromatic rings. The Kier molecular flexibility index (Phi) is 6.16. The fraction of sp³-hybridized carbons (Fsp3) is 0.250. The number of nitrogens with zero attached hydrogens (tertiary/aromatic N) is 1. The molecule has 1 heterocycles. The summed E-state index contributed by atoms with van der Waals surface area (Å²) in [5.74, 6) is -0.261. The van der Waals surface area contributed by atoms with Crippen LogP contribution in [0.4, 0.5) is 4.39 Å². The number of carbonyl (C=O) groups is 1. The number of aromatic nitrogens is 1. The number of rotatable bonds is 6. The molecule has 0 unspecified atom stereocenters. The highest BCUT2D eigenvalue weighted by Gasteiger charge is 2.18. The van der Waals surface area contributed by atoms with Crippen molar-refractivity contribution in [2.45, 2.75) is 33.7 Å². The Labute approximate surface area is 147 Å². The molecular weight excluding hydrogens is 325 g/mol. The minimum atomic E-state index is -0.261. The first-order valence-electron chi connectivity index (χ1n) is 7.86. The molecule has 0 atom stereocenters. The zero-order chi connectivity index (χ0) is 17.7. The Morgan fingerprint density at radius 3 is 2.50 bits per heavy atom. The van der Waals surface area contributed by atoms with E-state index in [1.54, 1.807) is 12.1 Å². The fourth-order valence-electron chi connectivity index (χ4n) is 2.65. The van der Waals surface area contributed by atoms with Crippen LogP contribution in [-0.2, 0) is 13.0 Å². The number of aldehydes is 1. The lowest BCUT2D eigenvalue weighted by Crippen LogP contribution is -2.03. The third-order valence-corrected chi connectivity index (χ3v) is 4.51. The lowest BCUT2D eigenvalue weighted by Gasteiger charge is -2.09.